The molecule has 1 amide bonds. The second-order valence-corrected chi connectivity index (χ2v) is 7.31. The van der Waals surface area contributed by atoms with Gasteiger partial charge < -0.3 is 4.90 Å². The van der Waals surface area contributed by atoms with Gasteiger partial charge in [-0.2, -0.15) is 5.10 Å². The molecule has 0 saturated carbocycles. The summed E-state index contributed by atoms with van der Waals surface area (Å²) in [6.45, 7) is 2.05. The number of carbonyl (C=O) groups excluding carboxylic acids is 1. The summed E-state index contributed by atoms with van der Waals surface area (Å²) < 4.78 is 1.71. The van der Waals surface area contributed by atoms with E-state index in [-0.39, 0.29) is 17.9 Å². The Balaban J connectivity index is 1.60. The van der Waals surface area contributed by atoms with E-state index in [0.717, 1.165) is 22.4 Å². The van der Waals surface area contributed by atoms with Crippen LogP contribution in [0, 0.1) is 0 Å². The summed E-state index contributed by atoms with van der Waals surface area (Å²) in [5.41, 5.74) is 3.99. The first kappa shape index (κ1) is 19.6. The summed E-state index contributed by atoms with van der Waals surface area (Å²) in [4.78, 5) is 19.4. The van der Waals surface area contributed by atoms with E-state index in [0.29, 0.717) is 0 Å². The fraction of sp³-hybridized carbons (Fsp3) is 0.160. The zero-order chi connectivity index (χ0) is 20.9. The van der Waals surface area contributed by atoms with E-state index < -0.39 is 0 Å². The fourth-order valence-corrected chi connectivity index (χ4v) is 3.63. The number of aromatic nitrogens is 3. The molecular formula is C25H24N4O. The van der Waals surface area contributed by atoms with Crippen LogP contribution in [0.2, 0.25) is 0 Å². The molecule has 0 spiro atoms. The minimum Gasteiger partial charge on any atom is -0.338 e. The lowest BCUT2D eigenvalue weighted by atomic mass is 9.89. The van der Waals surface area contributed by atoms with Crippen molar-refractivity contribution in [2.75, 3.05) is 7.05 Å². The van der Waals surface area contributed by atoms with Gasteiger partial charge in [0, 0.05) is 7.05 Å². The number of hydrogen-bond acceptors (Lipinski definition) is 3. The van der Waals surface area contributed by atoms with Gasteiger partial charge in [-0.25, -0.2) is 9.67 Å². The van der Waals surface area contributed by atoms with Gasteiger partial charge in [-0.05, 0) is 35.7 Å². The molecule has 0 fully saturated rings. The first-order valence-electron chi connectivity index (χ1n) is 9.96. The molecule has 0 N–H and O–H groups in total. The maximum Gasteiger partial charge on any atom is 0.234 e. The van der Waals surface area contributed by atoms with Crippen molar-refractivity contribution < 1.29 is 4.79 Å². The molecule has 4 rings (SSSR count). The number of likely N-dealkylation sites (N-methyl/N-ethyl adjacent to an activating group) is 1. The molecule has 5 nitrogen and oxygen atoms in total. The molecule has 1 aromatic heterocycles. The van der Waals surface area contributed by atoms with Crippen LogP contribution in [0.25, 0.3) is 5.69 Å². The Morgan fingerprint density at radius 1 is 0.833 bits per heavy atom. The lowest BCUT2D eigenvalue weighted by molar-refractivity contribution is -0.132. The molecule has 1 heterocycles. The van der Waals surface area contributed by atoms with Crippen LogP contribution in [0.5, 0.6) is 0 Å². The maximum absolute atomic E-state index is 13.6. The predicted molar refractivity (Wildman–Crippen MR) is 117 cm³/mol. The van der Waals surface area contributed by atoms with Gasteiger partial charge in [0.25, 0.3) is 0 Å². The summed E-state index contributed by atoms with van der Waals surface area (Å²) in [6, 6.07) is 27.9. The number of hydrogen-bond donors (Lipinski definition) is 0. The van der Waals surface area contributed by atoms with Gasteiger partial charge in [0.05, 0.1) is 17.6 Å². The van der Waals surface area contributed by atoms with E-state index >= 15 is 0 Å². The van der Waals surface area contributed by atoms with E-state index in [1.807, 2.05) is 96.9 Å². The smallest absolute Gasteiger partial charge is 0.234 e. The summed E-state index contributed by atoms with van der Waals surface area (Å²) in [6.07, 6.45) is 3.18. The van der Waals surface area contributed by atoms with Gasteiger partial charge in [-0.15, -0.1) is 0 Å². The lowest BCUT2D eigenvalue weighted by Crippen LogP contribution is -2.34. The number of nitrogens with zero attached hydrogens (tertiary/aromatic N) is 4. The van der Waals surface area contributed by atoms with Gasteiger partial charge in [-0.3, -0.25) is 4.79 Å². The highest BCUT2D eigenvalue weighted by Crippen LogP contribution is 2.30. The fourth-order valence-electron chi connectivity index (χ4n) is 3.63. The highest BCUT2D eigenvalue weighted by molar-refractivity contribution is 5.87. The van der Waals surface area contributed by atoms with Crippen molar-refractivity contribution >= 4 is 5.91 Å². The molecule has 0 aliphatic rings. The third kappa shape index (κ3) is 4.01. The zero-order valence-corrected chi connectivity index (χ0v) is 17.1. The summed E-state index contributed by atoms with van der Waals surface area (Å²) in [5.74, 6) is -0.269. The van der Waals surface area contributed by atoms with Crippen LogP contribution in [0.15, 0.2) is 97.6 Å². The second kappa shape index (κ2) is 8.74. The molecule has 0 aliphatic carbocycles. The van der Waals surface area contributed by atoms with E-state index in [2.05, 4.69) is 17.0 Å². The van der Waals surface area contributed by atoms with Crippen molar-refractivity contribution in [3.8, 4) is 5.69 Å². The average Bonchev–Trinajstić information content (AvgIpc) is 3.35. The minimum atomic E-state index is -0.339. The molecule has 3 aromatic carbocycles. The van der Waals surface area contributed by atoms with Crippen LogP contribution in [0.3, 0.4) is 0 Å². The Hall–Kier alpha value is -3.73. The quantitative estimate of drug-likeness (QED) is 0.478. The topological polar surface area (TPSA) is 51.0 Å². The normalized spacial score (nSPS) is 12.0. The molecule has 0 saturated heterocycles. The molecule has 1 atom stereocenters. The standard InChI is InChI=1S/C25H24N4O/c1-19(20-13-15-23(16-14-20)29-18-26-17-27-29)28(2)25(30)24(21-9-5-3-6-10-21)22-11-7-4-8-12-22/h3-19,24H,1-2H3. The van der Waals surface area contributed by atoms with Gasteiger partial charge in [0.15, 0.2) is 0 Å². The largest absolute Gasteiger partial charge is 0.338 e. The van der Waals surface area contributed by atoms with Crippen molar-refractivity contribution in [2.45, 2.75) is 18.9 Å². The minimum absolute atomic E-state index is 0.0697. The Labute approximate surface area is 176 Å². The van der Waals surface area contributed by atoms with E-state index in [1.54, 1.807) is 11.0 Å². The number of benzene rings is 3. The van der Waals surface area contributed by atoms with E-state index in [1.165, 1.54) is 6.33 Å². The maximum atomic E-state index is 13.6. The van der Waals surface area contributed by atoms with Crippen LogP contribution < -0.4 is 0 Å². The summed E-state index contributed by atoms with van der Waals surface area (Å²) >= 11 is 0. The summed E-state index contributed by atoms with van der Waals surface area (Å²) in [7, 11) is 1.87. The Morgan fingerprint density at radius 3 is 1.90 bits per heavy atom. The van der Waals surface area contributed by atoms with Crippen molar-refractivity contribution in [3.63, 3.8) is 0 Å². The number of amides is 1. The van der Waals surface area contributed by atoms with Crippen molar-refractivity contribution in [1.82, 2.24) is 19.7 Å². The van der Waals surface area contributed by atoms with Gasteiger partial charge in [-0.1, -0.05) is 72.8 Å². The third-order valence-corrected chi connectivity index (χ3v) is 5.50. The third-order valence-electron chi connectivity index (χ3n) is 5.50. The highest BCUT2D eigenvalue weighted by Gasteiger charge is 2.28. The van der Waals surface area contributed by atoms with Gasteiger partial charge in [0.2, 0.25) is 5.91 Å². The zero-order valence-electron chi connectivity index (χ0n) is 17.1. The lowest BCUT2D eigenvalue weighted by Gasteiger charge is -2.30. The van der Waals surface area contributed by atoms with Crippen molar-refractivity contribution in [1.29, 1.82) is 0 Å². The van der Waals surface area contributed by atoms with Crippen LogP contribution >= 0.6 is 0 Å². The van der Waals surface area contributed by atoms with Gasteiger partial charge in [0.1, 0.15) is 12.7 Å². The van der Waals surface area contributed by atoms with E-state index in [9.17, 15) is 4.79 Å². The molecular weight excluding hydrogens is 372 g/mol. The Morgan fingerprint density at radius 2 is 1.40 bits per heavy atom. The van der Waals surface area contributed by atoms with Crippen molar-refractivity contribution in [3.05, 3.63) is 114 Å². The number of rotatable bonds is 6. The SMILES string of the molecule is CC(c1ccc(-n2cncn2)cc1)N(C)C(=O)C(c1ccccc1)c1ccccc1. The molecule has 30 heavy (non-hydrogen) atoms. The molecule has 150 valence electrons. The van der Waals surface area contributed by atoms with E-state index in [4.69, 9.17) is 0 Å². The molecule has 0 aliphatic heterocycles. The van der Waals surface area contributed by atoms with Crippen LogP contribution in [-0.2, 0) is 4.79 Å². The average molecular weight is 396 g/mol. The highest BCUT2D eigenvalue weighted by atomic mass is 16.2. The molecule has 1 unspecified atom stereocenters. The summed E-state index contributed by atoms with van der Waals surface area (Å²) in [5, 5.41) is 4.16. The predicted octanol–water partition coefficient (Wildman–Crippen LogP) is 4.62. The van der Waals surface area contributed by atoms with Crippen LogP contribution in [0.4, 0.5) is 0 Å². The van der Waals surface area contributed by atoms with Crippen molar-refractivity contribution in [2.24, 2.45) is 0 Å². The number of carbonyl (C=O) groups is 1. The monoisotopic (exact) mass is 396 g/mol. The molecule has 0 radical (unpaired) electrons. The Bertz CT molecular complexity index is 1040. The molecule has 5 heteroatoms. The molecule has 4 aromatic rings. The first-order valence-corrected chi connectivity index (χ1v) is 9.96. The first-order chi connectivity index (χ1) is 14.6. The molecule has 0 bridgehead atoms. The van der Waals surface area contributed by atoms with Crippen LogP contribution in [0.1, 0.15) is 35.6 Å². The van der Waals surface area contributed by atoms with Gasteiger partial charge >= 0.3 is 0 Å². The Kier molecular flexibility index (Phi) is 5.70. The second-order valence-electron chi connectivity index (χ2n) is 7.31. The van der Waals surface area contributed by atoms with Crippen LogP contribution in [-0.4, -0.2) is 32.6 Å².